The van der Waals surface area contributed by atoms with Crippen LogP contribution in [0.15, 0.2) is 29.2 Å². The lowest BCUT2D eigenvalue weighted by Gasteiger charge is -2.22. The first-order chi connectivity index (χ1) is 7.97. The second-order valence-electron chi connectivity index (χ2n) is 3.97. The first kappa shape index (κ1) is 12.1. The molecule has 5 nitrogen and oxygen atoms in total. The van der Waals surface area contributed by atoms with Crippen molar-refractivity contribution in [3.63, 3.8) is 0 Å². The van der Waals surface area contributed by atoms with Crippen molar-refractivity contribution in [1.82, 2.24) is 0 Å². The number of ether oxygens (including phenoxy) is 1. The van der Waals surface area contributed by atoms with Crippen LogP contribution in [0.3, 0.4) is 0 Å². The number of rotatable bonds is 3. The van der Waals surface area contributed by atoms with Crippen molar-refractivity contribution in [2.75, 3.05) is 0 Å². The Morgan fingerprint density at radius 2 is 1.82 bits per heavy atom. The second-order valence-corrected chi connectivity index (χ2v) is 5.35. The fourth-order valence-corrected chi connectivity index (χ4v) is 1.99. The van der Waals surface area contributed by atoms with Crippen LogP contribution in [0.1, 0.15) is 19.3 Å². The van der Waals surface area contributed by atoms with E-state index < -0.39 is 10.1 Å². The van der Waals surface area contributed by atoms with Gasteiger partial charge in [0.2, 0.25) is 0 Å². The third-order valence-corrected chi connectivity index (χ3v) is 3.62. The molecule has 0 amide bonds. The third kappa shape index (κ3) is 2.83. The van der Waals surface area contributed by atoms with Crippen LogP contribution < -0.4 is 4.74 Å². The lowest BCUT2D eigenvalue weighted by Crippen LogP contribution is -2.26. The average Bonchev–Trinajstić information content (AvgIpc) is 2.13. The van der Waals surface area contributed by atoms with Gasteiger partial charge in [-0.3, -0.25) is 4.79 Å². The van der Waals surface area contributed by atoms with Crippen LogP contribution in [0.5, 0.6) is 5.75 Å². The maximum absolute atomic E-state index is 11.5. The summed E-state index contributed by atoms with van der Waals surface area (Å²) >= 11 is 0. The molecule has 1 fully saturated rings. The minimum Gasteiger partial charge on any atom is -0.744 e. The summed E-state index contributed by atoms with van der Waals surface area (Å²) in [6.07, 6.45) is 2.71. The largest absolute Gasteiger partial charge is 0.744 e. The van der Waals surface area contributed by atoms with E-state index in [0.717, 1.165) is 31.4 Å². The molecule has 1 aromatic rings. The van der Waals surface area contributed by atoms with Gasteiger partial charge in [-0.25, -0.2) is 8.42 Å². The Hall–Kier alpha value is -1.40. The van der Waals surface area contributed by atoms with Crippen molar-refractivity contribution in [3.8, 4) is 5.75 Å². The summed E-state index contributed by atoms with van der Waals surface area (Å²) in [6, 6.07) is 4.88. The third-order valence-electron chi connectivity index (χ3n) is 2.77. The molecule has 1 aliphatic carbocycles. The monoisotopic (exact) mass is 255 g/mol. The van der Waals surface area contributed by atoms with Gasteiger partial charge in [-0.1, -0.05) is 6.42 Å². The van der Waals surface area contributed by atoms with Gasteiger partial charge < -0.3 is 9.29 Å². The summed E-state index contributed by atoms with van der Waals surface area (Å²) in [4.78, 5) is 11.1. The lowest BCUT2D eigenvalue weighted by molar-refractivity contribution is -0.141. The average molecular weight is 255 g/mol. The molecule has 0 N–H and O–H groups in total. The minimum absolute atomic E-state index is 0.0436. The van der Waals surface area contributed by atoms with Gasteiger partial charge in [-0.2, -0.15) is 0 Å². The standard InChI is InChI=1S/C11H12O5S/c12-11(8-2-1-3-8)16-9-4-6-10(7-5-9)17(13,14)15/h4-8H,1-3H2,(H,13,14,15)/p-1. The van der Waals surface area contributed by atoms with E-state index in [4.69, 9.17) is 4.74 Å². The van der Waals surface area contributed by atoms with Gasteiger partial charge in [0.05, 0.1) is 10.8 Å². The van der Waals surface area contributed by atoms with Crippen LogP contribution in [0.2, 0.25) is 0 Å². The second kappa shape index (κ2) is 4.46. The Kier molecular flexibility index (Phi) is 3.17. The highest BCUT2D eigenvalue weighted by atomic mass is 32.2. The van der Waals surface area contributed by atoms with Crippen LogP contribution >= 0.6 is 0 Å². The quantitative estimate of drug-likeness (QED) is 0.461. The van der Waals surface area contributed by atoms with Crippen molar-refractivity contribution in [2.24, 2.45) is 5.92 Å². The summed E-state index contributed by atoms with van der Waals surface area (Å²) in [6.45, 7) is 0. The Labute approximate surface area is 99.2 Å². The van der Waals surface area contributed by atoms with Gasteiger partial charge in [0.15, 0.2) is 0 Å². The molecule has 0 spiro atoms. The zero-order chi connectivity index (χ0) is 12.5. The highest BCUT2D eigenvalue weighted by Crippen LogP contribution is 2.28. The van der Waals surface area contributed by atoms with Crippen molar-refractivity contribution in [3.05, 3.63) is 24.3 Å². The summed E-state index contributed by atoms with van der Waals surface area (Å²) < 4.78 is 37.1. The molecule has 0 bridgehead atoms. The van der Waals surface area contributed by atoms with Gasteiger partial charge in [0.25, 0.3) is 0 Å². The lowest BCUT2D eigenvalue weighted by atomic mass is 9.86. The topological polar surface area (TPSA) is 83.5 Å². The smallest absolute Gasteiger partial charge is 0.314 e. The molecule has 0 aromatic heterocycles. The Bertz CT molecular complexity index is 513. The van der Waals surface area contributed by atoms with Gasteiger partial charge >= 0.3 is 5.97 Å². The van der Waals surface area contributed by atoms with Crippen LogP contribution in [0.4, 0.5) is 0 Å². The zero-order valence-corrected chi connectivity index (χ0v) is 9.77. The molecule has 0 atom stereocenters. The predicted molar refractivity (Wildman–Crippen MR) is 57.4 cm³/mol. The van der Waals surface area contributed by atoms with Crippen LogP contribution in [0, 0.1) is 5.92 Å². The number of esters is 1. The van der Waals surface area contributed by atoms with E-state index in [1.165, 1.54) is 12.1 Å². The predicted octanol–water partition coefficient (Wildman–Crippen LogP) is 1.30. The van der Waals surface area contributed by atoms with Gasteiger partial charge in [0.1, 0.15) is 15.9 Å². The van der Waals surface area contributed by atoms with E-state index in [9.17, 15) is 17.8 Å². The van der Waals surface area contributed by atoms with E-state index in [-0.39, 0.29) is 22.5 Å². The number of hydrogen-bond acceptors (Lipinski definition) is 5. The van der Waals surface area contributed by atoms with E-state index >= 15 is 0 Å². The Morgan fingerprint density at radius 3 is 2.24 bits per heavy atom. The van der Waals surface area contributed by atoms with E-state index in [2.05, 4.69) is 0 Å². The van der Waals surface area contributed by atoms with Crippen molar-refractivity contribution < 1.29 is 22.5 Å². The van der Waals surface area contributed by atoms with Crippen LogP contribution in [-0.4, -0.2) is 18.9 Å². The highest BCUT2D eigenvalue weighted by molar-refractivity contribution is 7.85. The van der Waals surface area contributed by atoms with Crippen LogP contribution in [0.25, 0.3) is 0 Å². The molecule has 1 aliphatic rings. The van der Waals surface area contributed by atoms with E-state index in [0.29, 0.717) is 0 Å². The first-order valence-electron chi connectivity index (χ1n) is 5.24. The number of hydrogen-bond donors (Lipinski definition) is 0. The molecule has 1 saturated carbocycles. The number of carbonyl (C=O) groups is 1. The van der Waals surface area contributed by atoms with Crippen molar-refractivity contribution >= 4 is 16.1 Å². The van der Waals surface area contributed by atoms with E-state index in [1.807, 2.05) is 0 Å². The van der Waals surface area contributed by atoms with Gasteiger partial charge in [-0.15, -0.1) is 0 Å². The fraction of sp³-hybridized carbons (Fsp3) is 0.364. The SMILES string of the molecule is O=C(Oc1ccc(S(=O)(=O)[O-])cc1)C1CCC1. The highest BCUT2D eigenvalue weighted by Gasteiger charge is 2.27. The molecule has 6 heteroatoms. The normalized spacial score (nSPS) is 16.3. The summed E-state index contributed by atoms with van der Waals surface area (Å²) in [7, 11) is -4.45. The molecule has 0 radical (unpaired) electrons. The fourth-order valence-electron chi connectivity index (χ4n) is 1.52. The van der Waals surface area contributed by atoms with Gasteiger partial charge in [0, 0.05) is 0 Å². The molecule has 92 valence electrons. The maximum Gasteiger partial charge on any atom is 0.314 e. The maximum atomic E-state index is 11.5. The Balaban J connectivity index is 2.05. The van der Waals surface area contributed by atoms with Crippen LogP contribution in [-0.2, 0) is 14.9 Å². The van der Waals surface area contributed by atoms with E-state index in [1.54, 1.807) is 0 Å². The molecule has 1 aromatic carbocycles. The number of benzene rings is 1. The van der Waals surface area contributed by atoms with Crippen molar-refractivity contribution in [2.45, 2.75) is 24.2 Å². The zero-order valence-electron chi connectivity index (χ0n) is 8.96. The molecular formula is C11H11O5S-. The molecular weight excluding hydrogens is 244 g/mol. The first-order valence-corrected chi connectivity index (χ1v) is 6.65. The summed E-state index contributed by atoms with van der Waals surface area (Å²) in [5, 5.41) is 0. The minimum atomic E-state index is -4.45. The molecule has 0 saturated heterocycles. The molecule has 2 rings (SSSR count). The summed E-state index contributed by atoms with van der Waals surface area (Å²) in [5.41, 5.74) is 0. The Morgan fingerprint density at radius 1 is 1.24 bits per heavy atom. The molecule has 0 heterocycles. The summed E-state index contributed by atoms with van der Waals surface area (Å²) in [5.74, 6) is -0.0822. The number of carbonyl (C=O) groups excluding carboxylic acids is 1. The molecule has 0 unspecified atom stereocenters. The van der Waals surface area contributed by atoms with Gasteiger partial charge in [-0.05, 0) is 37.1 Å². The van der Waals surface area contributed by atoms with Crippen molar-refractivity contribution in [1.29, 1.82) is 0 Å². The molecule has 17 heavy (non-hydrogen) atoms. The molecule has 0 aliphatic heterocycles.